The summed E-state index contributed by atoms with van der Waals surface area (Å²) in [7, 11) is 0. The molecule has 0 fully saturated rings. The van der Waals surface area contributed by atoms with Crippen LogP contribution in [0.25, 0.3) is 0 Å². The zero-order chi connectivity index (χ0) is 15.6. The SMILES string of the molecule is NC(=O)c1cc(NC(=O)c2ccc(I)c(Cl)c2)ccc1Cl. The van der Waals surface area contributed by atoms with Gasteiger partial charge < -0.3 is 11.1 Å². The van der Waals surface area contributed by atoms with E-state index in [-0.39, 0.29) is 16.5 Å². The van der Waals surface area contributed by atoms with Crippen LogP contribution in [0.5, 0.6) is 0 Å². The van der Waals surface area contributed by atoms with E-state index in [1.165, 1.54) is 12.1 Å². The minimum absolute atomic E-state index is 0.148. The van der Waals surface area contributed by atoms with Gasteiger partial charge in [-0.3, -0.25) is 9.59 Å². The lowest BCUT2D eigenvalue weighted by atomic mass is 10.1. The summed E-state index contributed by atoms with van der Waals surface area (Å²) < 4.78 is 0.855. The molecule has 0 bridgehead atoms. The Bertz CT molecular complexity index is 735. The summed E-state index contributed by atoms with van der Waals surface area (Å²) in [6.45, 7) is 0. The van der Waals surface area contributed by atoms with Gasteiger partial charge in [0, 0.05) is 14.8 Å². The largest absolute Gasteiger partial charge is 0.366 e. The lowest BCUT2D eigenvalue weighted by Gasteiger charge is -2.08. The number of nitrogens with two attached hydrogens (primary N) is 1. The fraction of sp³-hybridized carbons (Fsp3) is 0. The molecule has 0 aromatic heterocycles. The van der Waals surface area contributed by atoms with Crippen molar-refractivity contribution in [2.45, 2.75) is 0 Å². The molecule has 21 heavy (non-hydrogen) atoms. The van der Waals surface area contributed by atoms with E-state index in [4.69, 9.17) is 28.9 Å². The summed E-state index contributed by atoms with van der Waals surface area (Å²) in [5, 5.41) is 3.39. The summed E-state index contributed by atoms with van der Waals surface area (Å²) in [5.74, 6) is -1.00. The molecule has 2 aromatic rings. The van der Waals surface area contributed by atoms with Gasteiger partial charge in [-0.15, -0.1) is 0 Å². The summed E-state index contributed by atoms with van der Waals surface area (Å²) in [6.07, 6.45) is 0. The highest BCUT2D eigenvalue weighted by molar-refractivity contribution is 14.1. The summed E-state index contributed by atoms with van der Waals surface area (Å²) in [6, 6.07) is 9.49. The van der Waals surface area contributed by atoms with Gasteiger partial charge in [0.1, 0.15) is 0 Å². The van der Waals surface area contributed by atoms with E-state index < -0.39 is 5.91 Å². The standard InChI is InChI=1S/C14H9Cl2IN2O2/c15-10-3-2-8(6-9(10)13(18)20)19-14(21)7-1-4-12(17)11(16)5-7/h1-6H,(H2,18,20)(H,19,21). The number of rotatable bonds is 3. The van der Waals surface area contributed by atoms with E-state index in [1.54, 1.807) is 24.3 Å². The molecule has 0 aliphatic rings. The van der Waals surface area contributed by atoms with Crippen molar-refractivity contribution in [3.63, 3.8) is 0 Å². The lowest BCUT2D eigenvalue weighted by molar-refractivity contribution is 0.0996. The van der Waals surface area contributed by atoms with Crippen molar-refractivity contribution in [2.24, 2.45) is 5.73 Å². The van der Waals surface area contributed by atoms with Crippen molar-refractivity contribution in [1.29, 1.82) is 0 Å². The Morgan fingerprint density at radius 2 is 1.76 bits per heavy atom. The normalized spacial score (nSPS) is 10.2. The number of hydrogen-bond donors (Lipinski definition) is 2. The molecule has 2 rings (SSSR count). The van der Waals surface area contributed by atoms with Crippen LogP contribution in [0.4, 0.5) is 5.69 Å². The molecular formula is C14H9Cl2IN2O2. The van der Waals surface area contributed by atoms with Crippen LogP contribution >= 0.6 is 45.8 Å². The van der Waals surface area contributed by atoms with Crippen LogP contribution in [-0.2, 0) is 0 Å². The Morgan fingerprint density at radius 3 is 2.38 bits per heavy atom. The average molecular weight is 435 g/mol. The number of carbonyl (C=O) groups excluding carboxylic acids is 2. The number of nitrogens with one attached hydrogen (secondary N) is 1. The molecule has 0 aliphatic heterocycles. The third-order valence-corrected chi connectivity index (χ3v) is 4.57. The van der Waals surface area contributed by atoms with E-state index in [0.29, 0.717) is 16.3 Å². The Morgan fingerprint density at radius 1 is 1.05 bits per heavy atom. The van der Waals surface area contributed by atoms with Crippen molar-refractivity contribution >= 4 is 63.3 Å². The zero-order valence-corrected chi connectivity index (χ0v) is 14.2. The topological polar surface area (TPSA) is 72.2 Å². The lowest BCUT2D eigenvalue weighted by Crippen LogP contribution is -2.15. The summed E-state index contributed by atoms with van der Waals surface area (Å²) in [5.41, 5.74) is 6.19. The molecule has 7 heteroatoms. The van der Waals surface area contributed by atoms with Crippen LogP contribution in [0.3, 0.4) is 0 Å². The minimum atomic E-state index is -0.659. The summed E-state index contributed by atoms with van der Waals surface area (Å²) >= 11 is 13.9. The molecular weight excluding hydrogens is 426 g/mol. The van der Waals surface area contributed by atoms with Crippen molar-refractivity contribution in [1.82, 2.24) is 0 Å². The number of hydrogen-bond acceptors (Lipinski definition) is 2. The predicted molar refractivity (Wildman–Crippen MR) is 92.1 cm³/mol. The molecule has 0 saturated carbocycles. The molecule has 108 valence electrons. The predicted octanol–water partition coefficient (Wildman–Crippen LogP) is 3.95. The first-order valence-corrected chi connectivity index (χ1v) is 7.57. The Kier molecular flexibility index (Phi) is 5.08. The van der Waals surface area contributed by atoms with Crippen LogP contribution in [0.15, 0.2) is 36.4 Å². The molecule has 4 nitrogen and oxygen atoms in total. The Labute approximate surface area is 144 Å². The molecule has 2 amide bonds. The molecule has 0 aliphatic carbocycles. The van der Waals surface area contributed by atoms with Crippen molar-refractivity contribution in [2.75, 3.05) is 5.32 Å². The van der Waals surface area contributed by atoms with Crippen LogP contribution in [0.1, 0.15) is 20.7 Å². The van der Waals surface area contributed by atoms with Crippen LogP contribution in [0, 0.1) is 3.57 Å². The van der Waals surface area contributed by atoms with Crippen molar-refractivity contribution in [3.05, 3.63) is 61.1 Å². The number of benzene rings is 2. The molecule has 0 radical (unpaired) electrons. The van der Waals surface area contributed by atoms with Gasteiger partial charge in [-0.05, 0) is 59.0 Å². The molecule has 0 spiro atoms. The number of primary amides is 1. The third kappa shape index (κ3) is 3.87. The first-order chi connectivity index (χ1) is 9.88. The van der Waals surface area contributed by atoms with Gasteiger partial charge in [-0.2, -0.15) is 0 Å². The Hall–Kier alpha value is -1.31. The number of halogens is 3. The second-order valence-electron chi connectivity index (χ2n) is 4.14. The highest BCUT2D eigenvalue weighted by Crippen LogP contribution is 2.22. The van der Waals surface area contributed by atoms with E-state index in [2.05, 4.69) is 27.9 Å². The molecule has 0 atom stereocenters. The minimum Gasteiger partial charge on any atom is -0.366 e. The van der Waals surface area contributed by atoms with Crippen molar-refractivity contribution < 1.29 is 9.59 Å². The van der Waals surface area contributed by atoms with E-state index in [0.717, 1.165) is 3.57 Å². The zero-order valence-electron chi connectivity index (χ0n) is 10.5. The van der Waals surface area contributed by atoms with E-state index >= 15 is 0 Å². The number of anilines is 1. The molecule has 0 heterocycles. The fourth-order valence-corrected chi connectivity index (χ4v) is 2.36. The quantitative estimate of drug-likeness (QED) is 0.718. The van der Waals surface area contributed by atoms with Crippen LogP contribution in [0.2, 0.25) is 10.0 Å². The van der Waals surface area contributed by atoms with E-state index in [1.807, 2.05) is 0 Å². The maximum Gasteiger partial charge on any atom is 0.255 e. The number of carbonyl (C=O) groups is 2. The molecule has 0 saturated heterocycles. The maximum absolute atomic E-state index is 12.1. The van der Waals surface area contributed by atoms with Gasteiger partial charge in [0.05, 0.1) is 15.6 Å². The smallest absolute Gasteiger partial charge is 0.255 e. The van der Waals surface area contributed by atoms with Gasteiger partial charge in [0.15, 0.2) is 0 Å². The van der Waals surface area contributed by atoms with Crippen molar-refractivity contribution in [3.8, 4) is 0 Å². The molecule has 0 unspecified atom stereocenters. The average Bonchev–Trinajstić information content (AvgIpc) is 2.43. The first-order valence-electron chi connectivity index (χ1n) is 5.74. The fourth-order valence-electron chi connectivity index (χ4n) is 1.63. The first kappa shape index (κ1) is 16.1. The van der Waals surface area contributed by atoms with Gasteiger partial charge in [-0.1, -0.05) is 23.2 Å². The van der Waals surface area contributed by atoms with Gasteiger partial charge in [0.25, 0.3) is 5.91 Å². The van der Waals surface area contributed by atoms with Gasteiger partial charge in [0.2, 0.25) is 5.91 Å². The molecule has 3 N–H and O–H groups in total. The second-order valence-corrected chi connectivity index (χ2v) is 6.12. The molecule has 2 aromatic carbocycles. The second kappa shape index (κ2) is 6.64. The summed E-state index contributed by atoms with van der Waals surface area (Å²) in [4.78, 5) is 23.3. The Balaban J connectivity index is 2.25. The van der Waals surface area contributed by atoms with Crippen LogP contribution in [-0.4, -0.2) is 11.8 Å². The monoisotopic (exact) mass is 434 g/mol. The third-order valence-electron chi connectivity index (χ3n) is 2.67. The van der Waals surface area contributed by atoms with Crippen LogP contribution < -0.4 is 11.1 Å². The highest BCUT2D eigenvalue weighted by Gasteiger charge is 2.11. The highest BCUT2D eigenvalue weighted by atomic mass is 127. The van der Waals surface area contributed by atoms with E-state index in [9.17, 15) is 9.59 Å². The number of amides is 2. The maximum atomic E-state index is 12.1. The van der Waals surface area contributed by atoms with Gasteiger partial charge >= 0.3 is 0 Å². The van der Waals surface area contributed by atoms with Gasteiger partial charge in [-0.25, -0.2) is 0 Å².